The van der Waals surface area contributed by atoms with Crippen molar-refractivity contribution in [2.24, 2.45) is 0 Å². The molecule has 0 saturated heterocycles. The maximum atomic E-state index is 13.4. The summed E-state index contributed by atoms with van der Waals surface area (Å²) in [6.07, 6.45) is 1.30. The molecule has 0 spiro atoms. The molecule has 0 unspecified atom stereocenters. The quantitative estimate of drug-likeness (QED) is 0.871. The van der Waals surface area contributed by atoms with Gasteiger partial charge in [0.05, 0.1) is 19.0 Å². The first-order valence-electron chi connectivity index (χ1n) is 4.87. The van der Waals surface area contributed by atoms with Gasteiger partial charge in [-0.1, -0.05) is 17.4 Å². The molecule has 0 aliphatic rings. The largest absolute Gasteiger partial charge is 0.465 e. The van der Waals surface area contributed by atoms with Gasteiger partial charge < -0.3 is 10.1 Å². The molecule has 1 aromatic carbocycles. The molecule has 2 aromatic rings. The van der Waals surface area contributed by atoms with Gasteiger partial charge in [0.15, 0.2) is 16.8 Å². The summed E-state index contributed by atoms with van der Waals surface area (Å²) >= 11 is 0.989. The molecule has 1 heterocycles. The Morgan fingerprint density at radius 2 is 2.22 bits per heavy atom. The van der Waals surface area contributed by atoms with Crippen LogP contribution in [0.15, 0.2) is 24.4 Å². The monoisotopic (exact) mass is 270 g/mol. The predicted molar refractivity (Wildman–Crippen MR) is 63.1 cm³/mol. The lowest BCUT2D eigenvalue weighted by Gasteiger charge is -2.03. The molecular weight excluding hydrogens is 262 g/mol. The zero-order chi connectivity index (χ0) is 13.1. The highest BCUT2D eigenvalue weighted by molar-refractivity contribution is 7.17. The number of rotatable bonds is 3. The van der Waals surface area contributed by atoms with E-state index in [0.29, 0.717) is 0 Å². The molecule has 7 heteroatoms. The summed E-state index contributed by atoms with van der Waals surface area (Å²) in [5.74, 6) is -2.47. The second kappa shape index (κ2) is 5.09. The number of esters is 1. The van der Waals surface area contributed by atoms with Crippen LogP contribution in [0.5, 0.6) is 0 Å². The van der Waals surface area contributed by atoms with Gasteiger partial charge in [-0.05, 0) is 12.1 Å². The molecular formula is C11H8F2N2O2S. The third kappa shape index (κ3) is 2.45. The Labute approximate surface area is 105 Å². The molecule has 4 nitrogen and oxygen atoms in total. The molecule has 0 atom stereocenters. The standard InChI is InChI=1S/C11H8F2N2O2S/c1-17-10(16)8-5-14-11(18-8)15-7-4-2-3-6(12)9(7)13/h2-5H,1H3,(H,14,15). The second-order valence-corrected chi connectivity index (χ2v) is 4.28. The smallest absolute Gasteiger partial charge is 0.349 e. The fourth-order valence-electron chi connectivity index (χ4n) is 1.24. The molecule has 18 heavy (non-hydrogen) atoms. The lowest BCUT2D eigenvalue weighted by molar-refractivity contribution is 0.0606. The zero-order valence-corrected chi connectivity index (χ0v) is 10.1. The lowest BCUT2D eigenvalue weighted by Crippen LogP contribution is -1.97. The Kier molecular flexibility index (Phi) is 3.52. The van der Waals surface area contributed by atoms with Crippen LogP contribution in [-0.2, 0) is 4.74 Å². The summed E-state index contributed by atoms with van der Waals surface area (Å²) in [6.45, 7) is 0. The first-order valence-corrected chi connectivity index (χ1v) is 5.68. The van der Waals surface area contributed by atoms with Crippen LogP contribution in [0.2, 0.25) is 0 Å². The van der Waals surface area contributed by atoms with E-state index in [2.05, 4.69) is 15.0 Å². The van der Waals surface area contributed by atoms with Gasteiger partial charge in [-0.3, -0.25) is 0 Å². The summed E-state index contributed by atoms with van der Waals surface area (Å²) in [5, 5.41) is 2.87. The molecule has 0 bridgehead atoms. The maximum absolute atomic E-state index is 13.4. The third-order valence-electron chi connectivity index (χ3n) is 2.09. The molecule has 1 N–H and O–H groups in total. The minimum atomic E-state index is -0.993. The van der Waals surface area contributed by atoms with Crippen molar-refractivity contribution in [1.29, 1.82) is 0 Å². The van der Waals surface area contributed by atoms with E-state index >= 15 is 0 Å². The molecule has 2 rings (SSSR count). The number of hydrogen-bond acceptors (Lipinski definition) is 5. The summed E-state index contributed by atoms with van der Waals surface area (Å²) in [6, 6.07) is 3.76. The number of carbonyl (C=O) groups is 1. The van der Waals surface area contributed by atoms with E-state index < -0.39 is 17.6 Å². The zero-order valence-electron chi connectivity index (χ0n) is 9.24. The number of benzene rings is 1. The topological polar surface area (TPSA) is 51.2 Å². The minimum absolute atomic E-state index is 0.0410. The molecule has 0 fully saturated rings. The molecule has 0 aliphatic carbocycles. The van der Waals surface area contributed by atoms with E-state index in [1.165, 1.54) is 25.4 Å². The number of aromatic nitrogens is 1. The Morgan fingerprint density at radius 1 is 1.44 bits per heavy atom. The van der Waals surface area contributed by atoms with Crippen molar-refractivity contribution < 1.29 is 18.3 Å². The number of hydrogen-bond donors (Lipinski definition) is 1. The average molecular weight is 270 g/mol. The predicted octanol–water partition coefficient (Wildman–Crippen LogP) is 2.95. The number of carbonyl (C=O) groups excluding carboxylic acids is 1. The van der Waals surface area contributed by atoms with Gasteiger partial charge in [0, 0.05) is 0 Å². The van der Waals surface area contributed by atoms with Gasteiger partial charge >= 0.3 is 5.97 Å². The number of ether oxygens (including phenoxy) is 1. The van der Waals surface area contributed by atoms with Gasteiger partial charge in [-0.15, -0.1) is 0 Å². The molecule has 1 aromatic heterocycles. The van der Waals surface area contributed by atoms with Gasteiger partial charge in [0.2, 0.25) is 0 Å². The summed E-state index contributed by atoms with van der Waals surface area (Å²) < 4.78 is 30.8. The number of halogens is 2. The number of anilines is 2. The van der Waals surface area contributed by atoms with Gasteiger partial charge in [0.25, 0.3) is 0 Å². The van der Waals surface area contributed by atoms with E-state index in [4.69, 9.17) is 0 Å². The number of nitrogens with one attached hydrogen (secondary N) is 1. The van der Waals surface area contributed by atoms with Crippen LogP contribution in [0.3, 0.4) is 0 Å². The highest BCUT2D eigenvalue weighted by atomic mass is 32.1. The van der Waals surface area contributed by atoms with E-state index in [1.54, 1.807) is 0 Å². The summed E-state index contributed by atoms with van der Waals surface area (Å²) in [4.78, 5) is 15.3. The fraction of sp³-hybridized carbons (Fsp3) is 0.0909. The molecule has 0 aliphatic heterocycles. The van der Waals surface area contributed by atoms with Crippen molar-refractivity contribution in [1.82, 2.24) is 4.98 Å². The van der Waals surface area contributed by atoms with E-state index in [9.17, 15) is 13.6 Å². The van der Waals surface area contributed by atoms with Gasteiger partial charge in [0.1, 0.15) is 4.88 Å². The van der Waals surface area contributed by atoms with E-state index in [1.807, 2.05) is 0 Å². The fourth-order valence-corrected chi connectivity index (χ4v) is 1.99. The normalized spacial score (nSPS) is 10.2. The Bertz CT molecular complexity index is 586. The average Bonchev–Trinajstić information content (AvgIpc) is 2.82. The van der Waals surface area contributed by atoms with Crippen molar-refractivity contribution in [2.45, 2.75) is 0 Å². The molecule has 0 amide bonds. The minimum Gasteiger partial charge on any atom is -0.465 e. The van der Waals surface area contributed by atoms with E-state index in [-0.39, 0.29) is 15.7 Å². The number of nitrogens with zero attached hydrogens (tertiary/aromatic N) is 1. The lowest BCUT2D eigenvalue weighted by atomic mass is 10.3. The highest BCUT2D eigenvalue weighted by Gasteiger charge is 2.13. The van der Waals surface area contributed by atoms with Crippen molar-refractivity contribution in [2.75, 3.05) is 12.4 Å². The molecule has 0 saturated carbocycles. The Balaban J connectivity index is 2.21. The first-order chi connectivity index (χ1) is 8.61. The summed E-state index contributed by atoms with van der Waals surface area (Å²) in [7, 11) is 1.25. The number of methoxy groups -OCH3 is 1. The van der Waals surface area contributed by atoms with Crippen molar-refractivity contribution in [3.05, 3.63) is 40.9 Å². The van der Waals surface area contributed by atoms with Crippen LogP contribution in [0, 0.1) is 11.6 Å². The van der Waals surface area contributed by atoms with Crippen molar-refractivity contribution >= 4 is 28.1 Å². The van der Waals surface area contributed by atoms with Gasteiger partial charge in [-0.2, -0.15) is 0 Å². The van der Waals surface area contributed by atoms with Crippen LogP contribution >= 0.6 is 11.3 Å². The summed E-state index contributed by atoms with van der Waals surface area (Å²) in [5.41, 5.74) is -0.0410. The number of thiazole rings is 1. The Hall–Kier alpha value is -2.02. The first kappa shape index (κ1) is 12.4. The Morgan fingerprint density at radius 3 is 2.94 bits per heavy atom. The van der Waals surface area contributed by atoms with Crippen molar-refractivity contribution in [3.8, 4) is 0 Å². The van der Waals surface area contributed by atoms with Crippen LogP contribution in [0.4, 0.5) is 19.6 Å². The van der Waals surface area contributed by atoms with Gasteiger partial charge in [-0.25, -0.2) is 18.6 Å². The third-order valence-corrected chi connectivity index (χ3v) is 2.98. The molecule has 0 radical (unpaired) electrons. The SMILES string of the molecule is COC(=O)c1cnc(Nc2cccc(F)c2F)s1. The van der Waals surface area contributed by atoms with E-state index in [0.717, 1.165) is 17.4 Å². The van der Waals surface area contributed by atoms with Crippen LogP contribution in [-0.4, -0.2) is 18.1 Å². The maximum Gasteiger partial charge on any atom is 0.349 e. The van der Waals surface area contributed by atoms with Crippen LogP contribution < -0.4 is 5.32 Å². The van der Waals surface area contributed by atoms with Crippen LogP contribution in [0.1, 0.15) is 9.67 Å². The molecule has 94 valence electrons. The van der Waals surface area contributed by atoms with Crippen LogP contribution in [0.25, 0.3) is 0 Å². The second-order valence-electron chi connectivity index (χ2n) is 3.25. The van der Waals surface area contributed by atoms with Crippen molar-refractivity contribution in [3.63, 3.8) is 0 Å². The highest BCUT2D eigenvalue weighted by Crippen LogP contribution is 2.25.